The number of alkyl carbamates (subject to hydrolysis) is 1. The molecule has 0 aromatic heterocycles. The van der Waals surface area contributed by atoms with E-state index >= 15 is 0 Å². The first-order valence-corrected chi connectivity index (χ1v) is 5.29. The lowest BCUT2D eigenvalue weighted by molar-refractivity contribution is 0.156. The predicted molar refractivity (Wildman–Crippen MR) is 66.0 cm³/mol. The standard InChI is InChI=1S/C13H14N2O3/c1-3-8-18-13(16)15-11(9-14)10-6-4-5-7-12(10)17-2/h3-7,11H,1,8H2,2H3,(H,15,16). The molecule has 0 aliphatic heterocycles. The molecule has 1 amide bonds. The van der Waals surface area contributed by atoms with Crippen LogP contribution in [0.2, 0.25) is 0 Å². The van der Waals surface area contributed by atoms with E-state index in [1.54, 1.807) is 24.3 Å². The molecular formula is C13H14N2O3. The van der Waals surface area contributed by atoms with Crippen LogP contribution in [-0.4, -0.2) is 19.8 Å². The smallest absolute Gasteiger partial charge is 0.408 e. The Morgan fingerprint density at radius 2 is 2.33 bits per heavy atom. The van der Waals surface area contributed by atoms with Crippen molar-refractivity contribution < 1.29 is 14.3 Å². The van der Waals surface area contributed by atoms with E-state index < -0.39 is 12.1 Å². The van der Waals surface area contributed by atoms with Crippen LogP contribution < -0.4 is 10.1 Å². The van der Waals surface area contributed by atoms with Crippen molar-refractivity contribution in [1.82, 2.24) is 5.32 Å². The molecule has 0 saturated carbocycles. The second-order valence-corrected chi connectivity index (χ2v) is 3.34. The van der Waals surface area contributed by atoms with Crippen molar-refractivity contribution >= 4 is 6.09 Å². The zero-order valence-electron chi connectivity index (χ0n) is 10.1. The van der Waals surface area contributed by atoms with Gasteiger partial charge in [0.05, 0.1) is 13.2 Å². The van der Waals surface area contributed by atoms with Crippen LogP contribution in [0.15, 0.2) is 36.9 Å². The van der Waals surface area contributed by atoms with Gasteiger partial charge >= 0.3 is 6.09 Å². The van der Waals surface area contributed by atoms with Gasteiger partial charge < -0.3 is 14.8 Å². The van der Waals surface area contributed by atoms with Crippen LogP contribution in [-0.2, 0) is 4.74 Å². The lowest BCUT2D eigenvalue weighted by Gasteiger charge is -2.14. The van der Waals surface area contributed by atoms with Crippen molar-refractivity contribution in [2.75, 3.05) is 13.7 Å². The number of carbonyl (C=O) groups is 1. The van der Waals surface area contributed by atoms with Gasteiger partial charge in [0.15, 0.2) is 0 Å². The van der Waals surface area contributed by atoms with Crippen LogP contribution in [0, 0.1) is 11.3 Å². The topological polar surface area (TPSA) is 71.3 Å². The highest BCUT2D eigenvalue weighted by Gasteiger charge is 2.17. The number of nitriles is 1. The average molecular weight is 246 g/mol. The molecule has 5 nitrogen and oxygen atoms in total. The fourth-order valence-corrected chi connectivity index (χ4v) is 1.38. The molecule has 0 heterocycles. The second-order valence-electron chi connectivity index (χ2n) is 3.34. The van der Waals surface area contributed by atoms with Crippen molar-refractivity contribution in [2.24, 2.45) is 0 Å². The summed E-state index contributed by atoms with van der Waals surface area (Å²) < 4.78 is 9.89. The average Bonchev–Trinajstić information content (AvgIpc) is 2.42. The molecular weight excluding hydrogens is 232 g/mol. The zero-order valence-corrected chi connectivity index (χ0v) is 10.1. The van der Waals surface area contributed by atoms with Gasteiger partial charge in [-0.3, -0.25) is 0 Å². The monoisotopic (exact) mass is 246 g/mol. The summed E-state index contributed by atoms with van der Waals surface area (Å²) in [5.41, 5.74) is 0.582. The Hall–Kier alpha value is -2.48. The first-order chi connectivity index (χ1) is 8.72. The molecule has 5 heteroatoms. The number of ether oxygens (including phenoxy) is 2. The molecule has 0 saturated heterocycles. The Morgan fingerprint density at radius 3 is 2.94 bits per heavy atom. The van der Waals surface area contributed by atoms with Gasteiger partial charge in [0.2, 0.25) is 0 Å². The molecule has 0 fully saturated rings. The summed E-state index contributed by atoms with van der Waals surface area (Å²) in [6.45, 7) is 3.52. The third-order valence-corrected chi connectivity index (χ3v) is 2.17. The molecule has 0 radical (unpaired) electrons. The lowest BCUT2D eigenvalue weighted by atomic mass is 10.1. The number of carbonyl (C=O) groups excluding carboxylic acids is 1. The van der Waals surface area contributed by atoms with Gasteiger partial charge in [-0.2, -0.15) is 5.26 Å². The minimum atomic E-state index is -0.821. The number of amides is 1. The quantitative estimate of drug-likeness (QED) is 0.808. The molecule has 1 aromatic rings. The Labute approximate surface area is 106 Å². The molecule has 0 aliphatic rings. The predicted octanol–water partition coefficient (Wildman–Crippen LogP) is 2.17. The highest BCUT2D eigenvalue weighted by molar-refractivity contribution is 5.68. The van der Waals surface area contributed by atoms with Gasteiger partial charge in [0, 0.05) is 5.56 Å². The Balaban J connectivity index is 2.80. The molecule has 0 spiro atoms. The van der Waals surface area contributed by atoms with Crippen molar-refractivity contribution in [2.45, 2.75) is 6.04 Å². The SMILES string of the molecule is C=CCOC(=O)NC(C#N)c1ccccc1OC. The Kier molecular flexibility index (Phi) is 5.26. The van der Waals surface area contributed by atoms with Gasteiger partial charge in [0.1, 0.15) is 18.4 Å². The van der Waals surface area contributed by atoms with Crippen molar-refractivity contribution in [3.8, 4) is 11.8 Å². The van der Waals surface area contributed by atoms with Gasteiger partial charge in [0.25, 0.3) is 0 Å². The van der Waals surface area contributed by atoms with E-state index in [0.717, 1.165) is 0 Å². The van der Waals surface area contributed by atoms with Crippen LogP contribution in [0.25, 0.3) is 0 Å². The van der Waals surface area contributed by atoms with E-state index in [1.165, 1.54) is 13.2 Å². The summed E-state index contributed by atoms with van der Waals surface area (Å²) in [6, 6.07) is 8.14. The normalized spacial score (nSPS) is 10.9. The molecule has 1 atom stereocenters. The number of para-hydroxylation sites is 1. The van der Waals surface area contributed by atoms with Gasteiger partial charge in [-0.25, -0.2) is 4.79 Å². The first kappa shape index (κ1) is 13.6. The molecule has 0 aliphatic carbocycles. The number of nitrogens with one attached hydrogen (secondary N) is 1. The van der Waals surface area contributed by atoms with Crippen LogP contribution in [0.5, 0.6) is 5.75 Å². The summed E-state index contributed by atoms with van der Waals surface area (Å²) in [7, 11) is 1.50. The zero-order chi connectivity index (χ0) is 13.4. The second kappa shape index (κ2) is 6.97. The molecule has 94 valence electrons. The fourth-order valence-electron chi connectivity index (χ4n) is 1.38. The largest absolute Gasteiger partial charge is 0.496 e. The van der Waals surface area contributed by atoms with E-state index in [9.17, 15) is 4.79 Å². The summed E-state index contributed by atoms with van der Waals surface area (Å²) in [4.78, 5) is 11.4. The van der Waals surface area contributed by atoms with Crippen LogP contribution in [0.3, 0.4) is 0 Å². The minimum absolute atomic E-state index is 0.0932. The van der Waals surface area contributed by atoms with Crippen molar-refractivity contribution in [1.29, 1.82) is 5.26 Å². The molecule has 1 unspecified atom stereocenters. The summed E-state index contributed by atoms with van der Waals surface area (Å²) in [5, 5.41) is 11.5. The van der Waals surface area contributed by atoms with Crippen LogP contribution in [0.1, 0.15) is 11.6 Å². The number of rotatable bonds is 5. The highest BCUT2D eigenvalue weighted by atomic mass is 16.5. The summed E-state index contributed by atoms with van der Waals surface area (Å²) in [5.74, 6) is 0.535. The van der Waals surface area contributed by atoms with E-state index in [1.807, 2.05) is 6.07 Å². The maximum atomic E-state index is 11.4. The number of hydrogen-bond acceptors (Lipinski definition) is 4. The van der Waals surface area contributed by atoms with Crippen molar-refractivity contribution in [3.63, 3.8) is 0 Å². The van der Waals surface area contributed by atoms with Gasteiger partial charge in [-0.05, 0) is 6.07 Å². The molecule has 1 rings (SSSR count). The molecule has 1 aromatic carbocycles. The third kappa shape index (κ3) is 3.52. The van der Waals surface area contributed by atoms with E-state index in [2.05, 4.69) is 11.9 Å². The summed E-state index contributed by atoms with van der Waals surface area (Å²) >= 11 is 0. The van der Waals surface area contributed by atoms with Crippen molar-refractivity contribution in [3.05, 3.63) is 42.5 Å². The molecule has 0 bridgehead atoms. The van der Waals surface area contributed by atoms with Crippen LogP contribution >= 0.6 is 0 Å². The number of hydrogen-bond donors (Lipinski definition) is 1. The van der Waals surface area contributed by atoms with E-state index in [-0.39, 0.29) is 6.61 Å². The Morgan fingerprint density at radius 1 is 1.61 bits per heavy atom. The van der Waals surface area contributed by atoms with E-state index in [4.69, 9.17) is 14.7 Å². The van der Waals surface area contributed by atoms with Gasteiger partial charge in [-0.1, -0.05) is 30.9 Å². The number of benzene rings is 1. The van der Waals surface area contributed by atoms with E-state index in [0.29, 0.717) is 11.3 Å². The number of nitrogens with zero attached hydrogens (tertiary/aromatic N) is 1. The maximum absolute atomic E-state index is 11.4. The molecule has 1 N–H and O–H groups in total. The Bertz CT molecular complexity index is 466. The van der Waals surface area contributed by atoms with Crippen LogP contribution in [0.4, 0.5) is 4.79 Å². The fraction of sp³-hybridized carbons (Fsp3) is 0.231. The maximum Gasteiger partial charge on any atom is 0.408 e. The first-order valence-electron chi connectivity index (χ1n) is 5.29. The third-order valence-electron chi connectivity index (χ3n) is 2.17. The van der Waals surface area contributed by atoms with Gasteiger partial charge in [-0.15, -0.1) is 0 Å². The summed E-state index contributed by atoms with van der Waals surface area (Å²) in [6.07, 6.45) is 0.775. The lowest BCUT2D eigenvalue weighted by Crippen LogP contribution is -2.28. The number of methoxy groups -OCH3 is 1. The highest BCUT2D eigenvalue weighted by Crippen LogP contribution is 2.24. The minimum Gasteiger partial charge on any atom is -0.496 e. The molecule has 18 heavy (non-hydrogen) atoms.